The number of hydrogen-bond donors (Lipinski definition) is 0. The van der Waals surface area contributed by atoms with Crippen molar-refractivity contribution in [3.63, 3.8) is 0 Å². The minimum absolute atomic E-state index is 0.102. The number of likely N-dealkylation sites (N-methyl/N-ethyl adjacent to an activating group) is 1. The van der Waals surface area contributed by atoms with Gasteiger partial charge in [-0.15, -0.1) is 0 Å². The zero-order valence-electron chi connectivity index (χ0n) is 17.0. The van der Waals surface area contributed by atoms with E-state index in [1.54, 1.807) is 7.11 Å². The van der Waals surface area contributed by atoms with E-state index in [9.17, 15) is 0 Å². The topological polar surface area (TPSA) is 12.5 Å². The molecule has 3 heteroatoms. The van der Waals surface area contributed by atoms with Crippen molar-refractivity contribution >= 4 is 7.85 Å². The molecule has 0 aromatic heterocycles. The highest BCUT2D eigenvalue weighted by Crippen LogP contribution is 2.53. The zero-order valence-corrected chi connectivity index (χ0v) is 17.0. The summed E-state index contributed by atoms with van der Waals surface area (Å²) in [7, 11) is 10.4. The van der Waals surface area contributed by atoms with E-state index in [0.29, 0.717) is 0 Å². The van der Waals surface area contributed by atoms with Gasteiger partial charge in [-0.05, 0) is 31.5 Å². The lowest BCUT2D eigenvalue weighted by Crippen LogP contribution is -2.42. The Bertz CT molecular complexity index is 325. The van der Waals surface area contributed by atoms with E-state index in [4.69, 9.17) is 12.6 Å². The van der Waals surface area contributed by atoms with E-state index in [0.717, 1.165) is 19.4 Å². The van der Waals surface area contributed by atoms with Gasteiger partial charge in [-0.1, -0.05) is 60.5 Å². The molecule has 0 amide bonds. The fourth-order valence-electron chi connectivity index (χ4n) is 3.21. The molecule has 0 spiro atoms. The second-order valence-electron chi connectivity index (χ2n) is 5.86. The van der Waals surface area contributed by atoms with Gasteiger partial charge in [0.15, 0.2) is 0 Å². The smallest absolute Gasteiger partial charge is 0.0803 e. The van der Waals surface area contributed by atoms with Crippen LogP contribution in [0.15, 0.2) is 11.3 Å². The number of nitrogens with zero attached hydrogens (tertiary/aromatic N) is 1. The summed E-state index contributed by atoms with van der Waals surface area (Å²) in [6.45, 7) is 17.2. The van der Waals surface area contributed by atoms with Gasteiger partial charge in [0.1, 0.15) is 0 Å². The van der Waals surface area contributed by atoms with Crippen molar-refractivity contribution in [2.75, 3.05) is 20.8 Å². The van der Waals surface area contributed by atoms with E-state index in [1.165, 1.54) is 24.1 Å². The summed E-state index contributed by atoms with van der Waals surface area (Å²) in [5, 5.41) is -0.104. The number of allylic oxidation sites excluding steroid dienone is 1. The van der Waals surface area contributed by atoms with Gasteiger partial charge >= 0.3 is 0 Å². The van der Waals surface area contributed by atoms with Crippen molar-refractivity contribution in [1.82, 2.24) is 4.90 Å². The van der Waals surface area contributed by atoms with Crippen LogP contribution in [0.2, 0.25) is 5.31 Å². The Morgan fingerprint density at radius 3 is 2.00 bits per heavy atom. The van der Waals surface area contributed by atoms with Gasteiger partial charge < -0.3 is 9.64 Å². The molecule has 0 saturated carbocycles. The Morgan fingerprint density at radius 1 is 1.09 bits per heavy atom. The maximum atomic E-state index is 6.42. The van der Waals surface area contributed by atoms with Crippen LogP contribution in [0.25, 0.3) is 0 Å². The highest BCUT2D eigenvalue weighted by atomic mass is 16.5. The second kappa shape index (κ2) is 11.2. The molecule has 0 saturated heterocycles. The van der Waals surface area contributed by atoms with Gasteiger partial charge in [0.2, 0.25) is 0 Å². The molecule has 0 aromatic rings. The first-order valence-corrected chi connectivity index (χ1v) is 9.15. The molecular weight excluding hydrogens is 269 g/mol. The minimum Gasteiger partial charge on any atom is -0.382 e. The van der Waals surface area contributed by atoms with Crippen LogP contribution in [0.4, 0.5) is 0 Å². The molecular formula is C19H40BNO. The third-order valence-electron chi connectivity index (χ3n) is 4.37. The van der Waals surface area contributed by atoms with Crippen molar-refractivity contribution in [3.05, 3.63) is 11.3 Å². The first-order chi connectivity index (χ1) is 10.4. The Morgan fingerprint density at radius 2 is 1.59 bits per heavy atom. The van der Waals surface area contributed by atoms with Crippen LogP contribution in [-0.2, 0) is 4.74 Å². The monoisotopic (exact) mass is 309 g/mol. The van der Waals surface area contributed by atoms with Crippen molar-refractivity contribution in [3.8, 4) is 0 Å². The average molecular weight is 309 g/mol. The lowest BCUT2D eigenvalue weighted by molar-refractivity contribution is 0.0691. The molecule has 2 nitrogen and oxygen atoms in total. The van der Waals surface area contributed by atoms with E-state index in [-0.39, 0.29) is 10.9 Å². The Balaban J connectivity index is 0. The highest BCUT2D eigenvalue weighted by Gasteiger charge is 2.44. The van der Waals surface area contributed by atoms with Crippen molar-refractivity contribution in [2.45, 2.75) is 91.9 Å². The van der Waals surface area contributed by atoms with Gasteiger partial charge in [0, 0.05) is 19.9 Å². The SMILES string of the molecule is CC.CC.CC.[B]C1(C)CCCC2=C1CC(C)(COC)N2C. The maximum Gasteiger partial charge on any atom is 0.0803 e. The molecule has 1 heterocycles. The van der Waals surface area contributed by atoms with Crippen LogP contribution in [0.3, 0.4) is 0 Å². The van der Waals surface area contributed by atoms with E-state index >= 15 is 0 Å². The van der Waals surface area contributed by atoms with Crippen LogP contribution in [0.5, 0.6) is 0 Å². The van der Waals surface area contributed by atoms with Gasteiger partial charge in [0.25, 0.3) is 0 Å². The van der Waals surface area contributed by atoms with Crippen LogP contribution in [0, 0.1) is 0 Å². The molecule has 22 heavy (non-hydrogen) atoms. The predicted octanol–water partition coefficient (Wildman–Crippen LogP) is 5.59. The Labute approximate surface area is 142 Å². The largest absolute Gasteiger partial charge is 0.382 e. The summed E-state index contributed by atoms with van der Waals surface area (Å²) in [5.41, 5.74) is 3.03. The number of rotatable bonds is 2. The second-order valence-corrected chi connectivity index (χ2v) is 5.86. The first-order valence-electron chi connectivity index (χ1n) is 9.15. The maximum absolute atomic E-state index is 6.42. The molecule has 2 radical (unpaired) electrons. The zero-order chi connectivity index (χ0) is 18.0. The van der Waals surface area contributed by atoms with Gasteiger partial charge in [0.05, 0.1) is 20.0 Å². The lowest BCUT2D eigenvalue weighted by Gasteiger charge is -2.36. The van der Waals surface area contributed by atoms with Gasteiger partial charge in [-0.3, -0.25) is 0 Å². The molecule has 2 atom stereocenters. The predicted molar refractivity (Wildman–Crippen MR) is 102 cm³/mol. The van der Waals surface area contributed by atoms with Gasteiger partial charge in [-0.25, -0.2) is 0 Å². The fourth-order valence-corrected chi connectivity index (χ4v) is 3.21. The standard InChI is InChI=1S/C13H22BNO.3C2H6/c1-12(9-16-4)8-10-11(15(12)3)6-5-7-13(10,2)14;3*1-2/h5-9H2,1-4H3;3*1-2H3. The summed E-state index contributed by atoms with van der Waals surface area (Å²) < 4.78 is 5.36. The van der Waals surface area contributed by atoms with Crippen LogP contribution in [0.1, 0.15) is 81.1 Å². The highest BCUT2D eigenvalue weighted by molar-refractivity contribution is 6.17. The Hall–Kier alpha value is -0.435. The first kappa shape index (κ1) is 23.8. The molecule has 2 rings (SSSR count). The van der Waals surface area contributed by atoms with Crippen LogP contribution in [-0.4, -0.2) is 39.0 Å². The molecule has 0 bridgehead atoms. The molecule has 2 unspecified atom stereocenters. The molecule has 0 N–H and O–H groups in total. The summed E-state index contributed by atoms with van der Waals surface area (Å²) in [6.07, 6.45) is 4.56. The van der Waals surface area contributed by atoms with Crippen LogP contribution >= 0.6 is 0 Å². The molecule has 0 fully saturated rings. The quantitative estimate of drug-likeness (QED) is 0.616. The summed E-state index contributed by atoms with van der Waals surface area (Å²) in [4.78, 5) is 2.40. The average Bonchev–Trinajstić information content (AvgIpc) is 2.79. The molecule has 0 aromatic carbocycles. The lowest BCUT2D eigenvalue weighted by atomic mass is 9.59. The third kappa shape index (κ3) is 5.33. The van der Waals surface area contributed by atoms with Crippen molar-refractivity contribution < 1.29 is 4.74 Å². The van der Waals surface area contributed by atoms with Crippen LogP contribution < -0.4 is 0 Å². The molecule has 1 aliphatic heterocycles. The third-order valence-corrected chi connectivity index (χ3v) is 4.37. The fraction of sp³-hybridized carbons (Fsp3) is 0.895. The van der Waals surface area contributed by atoms with E-state index in [2.05, 4.69) is 25.8 Å². The number of hydrogen-bond acceptors (Lipinski definition) is 2. The van der Waals surface area contributed by atoms with E-state index < -0.39 is 0 Å². The minimum atomic E-state index is -0.104. The normalized spacial score (nSPS) is 29.3. The summed E-state index contributed by atoms with van der Waals surface area (Å²) in [5.74, 6) is 0. The van der Waals surface area contributed by atoms with Gasteiger partial charge in [-0.2, -0.15) is 0 Å². The van der Waals surface area contributed by atoms with E-state index in [1.807, 2.05) is 41.5 Å². The van der Waals surface area contributed by atoms with Crippen molar-refractivity contribution in [2.24, 2.45) is 0 Å². The molecule has 2 aliphatic rings. The number of methoxy groups -OCH3 is 1. The van der Waals surface area contributed by atoms with Crippen molar-refractivity contribution in [1.29, 1.82) is 0 Å². The molecule has 130 valence electrons. The molecule has 1 aliphatic carbocycles. The number of ether oxygens (including phenoxy) is 1. The summed E-state index contributed by atoms with van der Waals surface area (Å²) in [6, 6.07) is 0. The Kier molecular flexibility index (Phi) is 12.1. The summed E-state index contributed by atoms with van der Waals surface area (Å²) >= 11 is 0.